The molecule has 1 aliphatic rings. The minimum atomic E-state index is -4.39. The lowest BCUT2D eigenvalue weighted by Gasteiger charge is -2.35. The van der Waals surface area contributed by atoms with Crippen LogP contribution in [-0.4, -0.2) is 54.9 Å². The van der Waals surface area contributed by atoms with E-state index in [0.717, 1.165) is 5.56 Å². The molecule has 1 aromatic carbocycles. The van der Waals surface area contributed by atoms with Crippen LogP contribution < -0.4 is 15.0 Å². The summed E-state index contributed by atoms with van der Waals surface area (Å²) < 4.78 is 41.2. The molecule has 0 atom stereocenters. The van der Waals surface area contributed by atoms with E-state index in [2.05, 4.69) is 21.1 Å². The van der Waals surface area contributed by atoms with Crippen LogP contribution in [-0.2, 0) is 6.54 Å². The van der Waals surface area contributed by atoms with Crippen LogP contribution in [0.5, 0.6) is 5.75 Å². The zero-order chi connectivity index (χ0) is 21.6. The average Bonchev–Trinajstić information content (AvgIpc) is 2.76. The second kappa shape index (κ2) is 9.35. The zero-order valence-corrected chi connectivity index (χ0v) is 16.0. The molecule has 0 radical (unpaired) electrons. The second-order valence-corrected chi connectivity index (χ2v) is 6.67. The first-order valence-electron chi connectivity index (χ1n) is 9.27. The molecule has 2 amide bonds. The molecule has 2 heterocycles. The van der Waals surface area contributed by atoms with Gasteiger partial charge < -0.3 is 19.9 Å². The summed E-state index contributed by atoms with van der Waals surface area (Å²) in [5.41, 5.74) is 1.24. The Balaban J connectivity index is 1.45. The number of hydrogen-bond acceptors (Lipinski definition) is 5. The molecular weight excluding hydrogens is 399 g/mol. The van der Waals surface area contributed by atoms with Crippen LogP contribution in [0.4, 0.5) is 23.8 Å². The standard InChI is InChI=1S/C20H20F3N5O2/c21-20(22,23)14-30-17-5-3-15(4-6-17)13-26-19(29)28-10-8-27(9-11-28)18-16(12-24)2-1-7-25-18/h1-7H,8-11,13-14H2,(H,26,29). The summed E-state index contributed by atoms with van der Waals surface area (Å²) in [4.78, 5) is 20.3. The zero-order valence-electron chi connectivity index (χ0n) is 16.0. The summed E-state index contributed by atoms with van der Waals surface area (Å²) in [6.07, 6.45) is -2.75. The third-order valence-corrected chi connectivity index (χ3v) is 4.54. The molecule has 1 N–H and O–H groups in total. The number of nitrogens with zero attached hydrogens (tertiary/aromatic N) is 4. The van der Waals surface area contributed by atoms with E-state index in [1.807, 2.05) is 4.90 Å². The molecule has 0 bridgehead atoms. The van der Waals surface area contributed by atoms with Crippen LogP contribution in [0.3, 0.4) is 0 Å². The number of urea groups is 1. The van der Waals surface area contributed by atoms with Gasteiger partial charge in [-0.3, -0.25) is 0 Å². The van der Waals surface area contributed by atoms with E-state index in [-0.39, 0.29) is 18.3 Å². The Morgan fingerprint density at radius 1 is 1.17 bits per heavy atom. The van der Waals surface area contributed by atoms with Crippen molar-refractivity contribution in [3.8, 4) is 11.8 Å². The van der Waals surface area contributed by atoms with Crippen LogP contribution >= 0.6 is 0 Å². The molecule has 158 valence electrons. The monoisotopic (exact) mass is 419 g/mol. The van der Waals surface area contributed by atoms with Gasteiger partial charge in [0.05, 0.1) is 5.56 Å². The lowest BCUT2D eigenvalue weighted by molar-refractivity contribution is -0.153. The number of aromatic nitrogens is 1. The molecule has 7 nitrogen and oxygen atoms in total. The van der Waals surface area contributed by atoms with Gasteiger partial charge in [0.1, 0.15) is 17.6 Å². The number of benzene rings is 1. The largest absolute Gasteiger partial charge is 0.484 e. The molecular formula is C20H20F3N5O2. The summed E-state index contributed by atoms with van der Waals surface area (Å²) in [7, 11) is 0. The molecule has 2 aromatic rings. The molecule has 1 aliphatic heterocycles. The lowest BCUT2D eigenvalue weighted by Crippen LogP contribution is -2.52. The van der Waals surface area contributed by atoms with E-state index in [9.17, 15) is 23.2 Å². The Bertz CT molecular complexity index is 904. The number of nitriles is 1. The number of rotatable bonds is 5. The van der Waals surface area contributed by atoms with Crippen molar-refractivity contribution >= 4 is 11.8 Å². The highest BCUT2D eigenvalue weighted by Crippen LogP contribution is 2.20. The fraction of sp³-hybridized carbons (Fsp3) is 0.350. The normalized spacial score (nSPS) is 14.2. The molecule has 30 heavy (non-hydrogen) atoms. The van der Waals surface area contributed by atoms with Crippen molar-refractivity contribution in [1.82, 2.24) is 15.2 Å². The SMILES string of the molecule is N#Cc1cccnc1N1CCN(C(=O)NCc2ccc(OCC(F)(F)F)cc2)CC1. The van der Waals surface area contributed by atoms with Crippen molar-refractivity contribution in [3.63, 3.8) is 0 Å². The number of carbonyl (C=O) groups is 1. The molecule has 0 aliphatic carbocycles. The van der Waals surface area contributed by atoms with E-state index in [0.29, 0.717) is 37.6 Å². The minimum Gasteiger partial charge on any atom is -0.484 e. The third kappa shape index (κ3) is 5.76. The van der Waals surface area contributed by atoms with Gasteiger partial charge in [-0.25, -0.2) is 9.78 Å². The van der Waals surface area contributed by atoms with Crippen molar-refractivity contribution in [2.24, 2.45) is 0 Å². The Kier molecular flexibility index (Phi) is 6.61. The Hall–Kier alpha value is -3.48. The second-order valence-electron chi connectivity index (χ2n) is 6.67. The van der Waals surface area contributed by atoms with Crippen LogP contribution in [0.25, 0.3) is 0 Å². The number of ether oxygens (including phenoxy) is 1. The molecule has 1 aromatic heterocycles. The molecule has 1 saturated heterocycles. The number of piperazine rings is 1. The first-order valence-corrected chi connectivity index (χ1v) is 9.27. The average molecular weight is 419 g/mol. The van der Waals surface area contributed by atoms with Gasteiger partial charge in [0.25, 0.3) is 0 Å². The minimum absolute atomic E-state index is 0.116. The number of alkyl halides is 3. The van der Waals surface area contributed by atoms with Crippen LogP contribution in [0, 0.1) is 11.3 Å². The molecule has 1 fully saturated rings. The predicted molar refractivity (Wildman–Crippen MR) is 103 cm³/mol. The molecule has 10 heteroatoms. The van der Waals surface area contributed by atoms with Gasteiger partial charge in [-0.05, 0) is 29.8 Å². The first-order chi connectivity index (χ1) is 14.4. The molecule has 3 rings (SSSR count). The van der Waals surface area contributed by atoms with Gasteiger partial charge >= 0.3 is 12.2 Å². The summed E-state index contributed by atoms with van der Waals surface area (Å²) in [6.45, 7) is 0.991. The van der Waals surface area contributed by atoms with Crippen molar-refractivity contribution in [2.45, 2.75) is 12.7 Å². The van der Waals surface area contributed by atoms with Crippen molar-refractivity contribution in [2.75, 3.05) is 37.7 Å². The summed E-state index contributed by atoms with van der Waals surface area (Å²) in [6, 6.07) is 11.4. The number of carbonyl (C=O) groups excluding carboxylic acids is 1. The number of hydrogen-bond donors (Lipinski definition) is 1. The highest BCUT2D eigenvalue weighted by Gasteiger charge is 2.28. The van der Waals surface area contributed by atoms with Crippen molar-refractivity contribution < 1.29 is 22.7 Å². The number of anilines is 1. The van der Waals surface area contributed by atoms with E-state index >= 15 is 0 Å². The molecule has 0 saturated carbocycles. The van der Waals surface area contributed by atoms with Gasteiger partial charge in [0.15, 0.2) is 6.61 Å². The maximum atomic E-state index is 12.4. The van der Waals surface area contributed by atoms with Crippen LogP contribution in [0.1, 0.15) is 11.1 Å². The number of nitrogens with one attached hydrogen (secondary N) is 1. The van der Waals surface area contributed by atoms with E-state index in [4.69, 9.17) is 0 Å². The van der Waals surface area contributed by atoms with Gasteiger partial charge in [-0.1, -0.05) is 12.1 Å². The van der Waals surface area contributed by atoms with Gasteiger partial charge in [0, 0.05) is 38.9 Å². The van der Waals surface area contributed by atoms with Crippen molar-refractivity contribution in [1.29, 1.82) is 5.26 Å². The summed E-state index contributed by atoms with van der Waals surface area (Å²) >= 11 is 0. The molecule has 0 unspecified atom stereocenters. The Morgan fingerprint density at radius 2 is 1.87 bits per heavy atom. The van der Waals surface area contributed by atoms with Crippen molar-refractivity contribution in [3.05, 3.63) is 53.7 Å². The number of halogens is 3. The highest BCUT2D eigenvalue weighted by atomic mass is 19.4. The van der Waals surface area contributed by atoms with Crippen LogP contribution in [0.15, 0.2) is 42.6 Å². The van der Waals surface area contributed by atoms with E-state index in [1.54, 1.807) is 35.4 Å². The Morgan fingerprint density at radius 3 is 2.50 bits per heavy atom. The lowest BCUT2D eigenvalue weighted by atomic mass is 10.2. The third-order valence-electron chi connectivity index (χ3n) is 4.54. The smallest absolute Gasteiger partial charge is 0.422 e. The number of amides is 2. The van der Waals surface area contributed by atoms with E-state index < -0.39 is 12.8 Å². The number of pyridine rings is 1. The van der Waals surface area contributed by atoms with Gasteiger partial charge in [0.2, 0.25) is 0 Å². The fourth-order valence-electron chi connectivity index (χ4n) is 3.02. The topological polar surface area (TPSA) is 81.5 Å². The van der Waals surface area contributed by atoms with Gasteiger partial charge in [-0.2, -0.15) is 18.4 Å². The fourth-order valence-corrected chi connectivity index (χ4v) is 3.02. The van der Waals surface area contributed by atoms with Crippen LogP contribution in [0.2, 0.25) is 0 Å². The maximum absolute atomic E-state index is 12.4. The predicted octanol–water partition coefficient (Wildman–Crippen LogP) is 2.93. The molecule has 0 spiro atoms. The van der Waals surface area contributed by atoms with Gasteiger partial charge in [-0.15, -0.1) is 0 Å². The Labute approximate surface area is 171 Å². The van der Waals surface area contributed by atoms with E-state index in [1.165, 1.54) is 12.1 Å². The summed E-state index contributed by atoms with van der Waals surface area (Å²) in [5, 5.41) is 12.0. The summed E-state index contributed by atoms with van der Waals surface area (Å²) in [5.74, 6) is 0.734. The maximum Gasteiger partial charge on any atom is 0.422 e. The highest BCUT2D eigenvalue weighted by molar-refractivity contribution is 5.74. The quantitative estimate of drug-likeness (QED) is 0.806. The first kappa shape index (κ1) is 21.2.